The summed E-state index contributed by atoms with van der Waals surface area (Å²) < 4.78 is 2.53. The molecule has 1 heterocycles. The summed E-state index contributed by atoms with van der Waals surface area (Å²) in [7, 11) is 0. The first-order valence-electron chi connectivity index (χ1n) is 19.6. The fraction of sp³-hybridized carbons (Fsp3) is 0. The summed E-state index contributed by atoms with van der Waals surface area (Å²) in [6.07, 6.45) is 0. The van der Waals surface area contributed by atoms with Gasteiger partial charge >= 0.3 is 0 Å². The van der Waals surface area contributed by atoms with Crippen LogP contribution in [0.2, 0.25) is 0 Å². The Morgan fingerprint density at radius 2 is 0.534 bits per heavy atom. The van der Waals surface area contributed by atoms with E-state index in [0.29, 0.717) is 0 Å². The highest BCUT2D eigenvalue weighted by molar-refractivity contribution is 7.25. The minimum atomic E-state index is 1.11. The zero-order chi connectivity index (χ0) is 38.7. The van der Waals surface area contributed by atoms with Crippen molar-refractivity contribution in [2.24, 2.45) is 0 Å². The van der Waals surface area contributed by atoms with Crippen LogP contribution in [-0.2, 0) is 0 Å². The summed E-state index contributed by atoms with van der Waals surface area (Å²) >= 11 is 1.85. The maximum Gasteiger partial charge on any atom is 0.0476 e. The van der Waals surface area contributed by atoms with Crippen molar-refractivity contribution in [3.63, 3.8) is 0 Å². The van der Waals surface area contributed by atoms with Crippen LogP contribution in [-0.4, -0.2) is 0 Å². The van der Waals surface area contributed by atoms with Crippen molar-refractivity contribution in [1.82, 2.24) is 0 Å². The molecule has 0 aliphatic rings. The van der Waals surface area contributed by atoms with E-state index in [4.69, 9.17) is 0 Å². The normalized spacial score (nSPS) is 11.1. The third-order valence-electron chi connectivity index (χ3n) is 10.6. The fourth-order valence-corrected chi connectivity index (χ4v) is 8.98. The Bertz CT molecular complexity index is 2840. The second-order valence-electron chi connectivity index (χ2n) is 14.2. The van der Waals surface area contributed by atoms with E-state index in [0.717, 1.165) is 51.2 Å². The molecule has 0 saturated heterocycles. The Morgan fingerprint density at radius 1 is 0.224 bits per heavy atom. The molecule has 3 nitrogen and oxygen atoms in total. The zero-order valence-electron chi connectivity index (χ0n) is 31.8. The molecule has 276 valence electrons. The number of benzene rings is 9. The molecule has 0 atom stereocenters. The monoisotopic (exact) mass is 761 g/mol. The molecule has 9 aromatic carbocycles. The lowest BCUT2D eigenvalue weighted by Gasteiger charge is -2.26. The predicted octanol–water partition coefficient (Wildman–Crippen LogP) is 16.1. The third kappa shape index (κ3) is 6.87. The molecule has 0 aliphatic heterocycles. The predicted molar refractivity (Wildman–Crippen MR) is 249 cm³/mol. The zero-order valence-corrected chi connectivity index (χ0v) is 32.6. The molecule has 0 spiro atoms. The van der Waals surface area contributed by atoms with Crippen LogP contribution in [0.3, 0.4) is 0 Å². The first-order valence-corrected chi connectivity index (χ1v) is 20.4. The van der Waals surface area contributed by atoms with Gasteiger partial charge in [0.2, 0.25) is 0 Å². The molecule has 0 amide bonds. The SMILES string of the molecule is c1ccc(N(c2ccccc2)c2ccc(-c3ccc(N(c4ccccc4)c4ccc5c(c4)sc4ccc(N(c6ccccc6)c6ccccc6)cc45)cc3)cc2)cc1. The molecule has 1 aromatic heterocycles. The third-order valence-corrected chi connectivity index (χ3v) is 11.7. The van der Waals surface area contributed by atoms with Crippen molar-refractivity contribution >= 4 is 82.7 Å². The Balaban J connectivity index is 0.980. The van der Waals surface area contributed by atoms with E-state index in [-0.39, 0.29) is 0 Å². The van der Waals surface area contributed by atoms with Crippen LogP contribution in [0.4, 0.5) is 51.2 Å². The molecule has 10 rings (SSSR count). The molecule has 0 fully saturated rings. The first kappa shape index (κ1) is 35.0. The van der Waals surface area contributed by atoms with Crippen LogP contribution in [0.1, 0.15) is 0 Å². The number of hydrogen-bond acceptors (Lipinski definition) is 4. The van der Waals surface area contributed by atoms with Gasteiger partial charge < -0.3 is 14.7 Å². The molecule has 58 heavy (non-hydrogen) atoms. The lowest BCUT2D eigenvalue weighted by atomic mass is 10.0. The van der Waals surface area contributed by atoms with E-state index in [2.05, 4.69) is 251 Å². The number of para-hydroxylation sites is 5. The molecule has 0 bridgehead atoms. The highest BCUT2D eigenvalue weighted by atomic mass is 32.1. The summed E-state index contributed by atoms with van der Waals surface area (Å²) in [6, 6.07) is 84.5. The molecular formula is C54H39N3S. The van der Waals surface area contributed by atoms with Crippen LogP contribution in [0.5, 0.6) is 0 Å². The molecule has 0 N–H and O–H groups in total. The van der Waals surface area contributed by atoms with Gasteiger partial charge in [0.05, 0.1) is 0 Å². The molecule has 0 unspecified atom stereocenters. The Kier molecular flexibility index (Phi) is 9.44. The highest BCUT2D eigenvalue weighted by Crippen LogP contribution is 2.44. The number of anilines is 9. The van der Waals surface area contributed by atoms with Gasteiger partial charge in [-0.05, 0) is 126 Å². The summed E-state index contributed by atoms with van der Waals surface area (Å²) in [5, 5.41) is 2.52. The Hall–Kier alpha value is -7.40. The van der Waals surface area contributed by atoms with E-state index in [1.165, 1.54) is 31.3 Å². The minimum absolute atomic E-state index is 1.11. The second-order valence-corrected chi connectivity index (χ2v) is 15.3. The molecule has 10 aromatic rings. The Morgan fingerprint density at radius 3 is 0.931 bits per heavy atom. The van der Waals surface area contributed by atoms with E-state index in [1.54, 1.807) is 0 Å². The number of nitrogens with zero attached hydrogens (tertiary/aromatic N) is 3. The van der Waals surface area contributed by atoms with Crippen molar-refractivity contribution < 1.29 is 0 Å². The maximum absolute atomic E-state index is 2.35. The average Bonchev–Trinajstić information content (AvgIpc) is 3.66. The largest absolute Gasteiger partial charge is 0.311 e. The van der Waals surface area contributed by atoms with Crippen molar-refractivity contribution in [3.05, 3.63) is 237 Å². The van der Waals surface area contributed by atoms with Gasteiger partial charge in [-0.2, -0.15) is 0 Å². The molecular weight excluding hydrogens is 723 g/mol. The molecule has 0 radical (unpaired) electrons. The van der Waals surface area contributed by atoms with Crippen LogP contribution < -0.4 is 14.7 Å². The number of thiophene rings is 1. The van der Waals surface area contributed by atoms with Crippen molar-refractivity contribution in [3.8, 4) is 11.1 Å². The van der Waals surface area contributed by atoms with E-state index < -0.39 is 0 Å². The summed E-state index contributed by atoms with van der Waals surface area (Å²) in [5.74, 6) is 0. The van der Waals surface area contributed by atoms with Crippen molar-refractivity contribution in [2.45, 2.75) is 0 Å². The topological polar surface area (TPSA) is 9.72 Å². The molecule has 0 aliphatic carbocycles. The van der Waals surface area contributed by atoms with Gasteiger partial charge in [-0.25, -0.2) is 0 Å². The number of hydrogen-bond donors (Lipinski definition) is 0. The standard InChI is InChI=1S/C54H39N3S/c1-6-16-42(17-7-1)55(43-18-8-2-9-19-43)47-30-26-40(27-31-47)41-28-32-48(33-29-41)57(46-24-14-5-15-25-46)50-34-36-51-52-38-49(35-37-53(52)58-54(51)39-50)56(44-20-10-3-11-21-44)45-22-12-4-13-23-45/h1-39H. The van der Waals surface area contributed by atoms with Gasteiger partial charge in [0.15, 0.2) is 0 Å². The van der Waals surface area contributed by atoms with Gasteiger partial charge in [-0.3, -0.25) is 0 Å². The fourth-order valence-electron chi connectivity index (χ4n) is 7.86. The van der Waals surface area contributed by atoms with Crippen molar-refractivity contribution in [1.29, 1.82) is 0 Å². The van der Waals surface area contributed by atoms with Gasteiger partial charge in [0, 0.05) is 71.4 Å². The van der Waals surface area contributed by atoms with Gasteiger partial charge in [0.1, 0.15) is 0 Å². The van der Waals surface area contributed by atoms with E-state index >= 15 is 0 Å². The summed E-state index contributed by atoms with van der Waals surface area (Å²) in [6.45, 7) is 0. The van der Waals surface area contributed by atoms with Crippen LogP contribution in [0.15, 0.2) is 237 Å². The number of fused-ring (bicyclic) bond motifs is 3. The van der Waals surface area contributed by atoms with Crippen LogP contribution >= 0.6 is 11.3 Å². The van der Waals surface area contributed by atoms with Crippen LogP contribution in [0, 0.1) is 0 Å². The highest BCUT2D eigenvalue weighted by Gasteiger charge is 2.18. The Labute approximate surface area is 343 Å². The average molecular weight is 762 g/mol. The lowest BCUT2D eigenvalue weighted by Crippen LogP contribution is -2.09. The smallest absolute Gasteiger partial charge is 0.0476 e. The first-order chi connectivity index (χ1) is 28.8. The maximum atomic E-state index is 2.35. The van der Waals surface area contributed by atoms with Gasteiger partial charge in [0.25, 0.3) is 0 Å². The van der Waals surface area contributed by atoms with Crippen LogP contribution in [0.25, 0.3) is 31.3 Å². The molecule has 0 saturated carbocycles. The summed E-state index contributed by atoms with van der Waals surface area (Å²) in [5.41, 5.74) is 12.5. The lowest BCUT2D eigenvalue weighted by molar-refractivity contribution is 1.28. The second kappa shape index (κ2) is 15.6. The minimum Gasteiger partial charge on any atom is -0.311 e. The summed E-state index contributed by atoms with van der Waals surface area (Å²) in [4.78, 5) is 6.98. The van der Waals surface area contributed by atoms with E-state index in [9.17, 15) is 0 Å². The quantitative estimate of drug-likeness (QED) is 0.137. The van der Waals surface area contributed by atoms with E-state index in [1.807, 2.05) is 11.3 Å². The van der Waals surface area contributed by atoms with Gasteiger partial charge in [-0.15, -0.1) is 11.3 Å². The van der Waals surface area contributed by atoms with Gasteiger partial charge in [-0.1, -0.05) is 121 Å². The number of rotatable bonds is 10. The molecule has 4 heteroatoms. The van der Waals surface area contributed by atoms with Crippen molar-refractivity contribution in [2.75, 3.05) is 14.7 Å².